The molecule has 0 heterocycles. The maximum atomic E-state index is 13.9. The summed E-state index contributed by atoms with van der Waals surface area (Å²) in [5.74, 6) is 0.0154. The van der Waals surface area contributed by atoms with Crippen molar-refractivity contribution in [2.24, 2.45) is 21.5 Å². The quantitative estimate of drug-likeness (QED) is 0.322. The molecule has 1 unspecified atom stereocenters. The van der Waals surface area contributed by atoms with E-state index in [9.17, 15) is 4.39 Å². The number of halogens is 4. The van der Waals surface area contributed by atoms with E-state index >= 15 is 0 Å². The lowest BCUT2D eigenvalue weighted by atomic mass is 10.2. The van der Waals surface area contributed by atoms with E-state index in [2.05, 4.69) is 15.3 Å². The Labute approximate surface area is 177 Å². The molecule has 0 aromatic heterocycles. The van der Waals surface area contributed by atoms with E-state index in [0.29, 0.717) is 35.4 Å². The number of hydrogen-bond donors (Lipinski definition) is 3. The Kier molecular flexibility index (Phi) is 8.79. The molecule has 2 aromatic rings. The zero-order valence-corrected chi connectivity index (χ0v) is 17.0. The van der Waals surface area contributed by atoms with Crippen LogP contribution < -0.4 is 21.5 Å². The molecule has 5 N–H and O–H groups in total. The van der Waals surface area contributed by atoms with E-state index in [1.807, 2.05) is 0 Å². The van der Waals surface area contributed by atoms with Crippen LogP contribution in [0.3, 0.4) is 0 Å². The minimum absolute atomic E-state index is 0.00248. The highest BCUT2D eigenvalue weighted by Crippen LogP contribution is 2.26. The van der Waals surface area contributed by atoms with Crippen molar-refractivity contribution >= 4 is 47.1 Å². The van der Waals surface area contributed by atoms with E-state index in [4.69, 9.17) is 51.0 Å². The summed E-state index contributed by atoms with van der Waals surface area (Å²) < 4.78 is 19.4. The first-order chi connectivity index (χ1) is 13.4. The molecule has 0 amide bonds. The van der Waals surface area contributed by atoms with Crippen LogP contribution in [0.4, 0.5) is 4.39 Å². The molecule has 2 aromatic carbocycles. The topological polar surface area (TPSA) is 98.0 Å². The fourth-order valence-corrected chi connectivity index (χ4v) is 2.56. The lowest BCUT2D eigenvalue weighted by Gasteiger charge is -2.10. The van der Waals surface area contributed by atoms with Crippen molar-refractivity contribution in [1.82, 2.24) is 5.32 Å². The van der Waals surface area contributed by atoms with Crippen LogP contribution in [0.1, 0.15) is 18.2 Å². The molecular weight excluding hydrogens is 428 g/mol. The monoisotopic (exact) mass is 445 g/mol. The van der Waals surface area contributed by atoms with Crippen molar-refractivity contribution in [2.45, 2.75) is 12.6 Å². The van der Waals surface area contributed by atoms with Gasteiger partial charge in [-0.1, -0.05) is 46.9 Å². The molecule has 0 bridgehead atoms. The standard InChI is InChI=1S/C18H19Cl3FN5O/c19-13-6-5-11(9-15(13)21)28-8-2-7-25-10-26-18(24)27-17(23)12-3-1-4-14(20)16(12)22/h1,3-6,9-10,17H,2,7-8,23H2,(H3,24,25,26,27). The van der Waals surface area contributed by atoms with Gasteiger partial charge in [0.15, 0.2) is 5.96 Å². The molecule has 28 heavy (non-hydrogen) atoms. The molecule has 6 nitrogen and oxygen atoms in total. The maximum Gasteiger partial charge on any atom is 0.195 e. The first-order valence-electron chi connectivity index (χ1n) is 8.24. The Bertz CT molecular complexity index is 863. The van der Waals surface area contributed by atoms with Crippen molar-refractivity contribution in [3.05, 3.63) is 62.8 Å². The minimum atomic E-state index is -0.987. The molecule has 10 heteroatoms. The summed E-state index contributed by atoms with van der Waals surface area (Å²) in [5, 5.41) is 3.55. The molecule has 0 saturated carbocycles. The second-order valence-electron chi connectivity index (χ2n) is 5.56. The van der Waals surface area contributed by atoms with Gasteiger partial charge in [-0.05, 0) is 18.2 Å². The predicted molar refractivity (Wildman–Crippen MR) is 113 cm³/mol. The average Bonchev–Trinajstić information content (AvgIpc) is 2.65. The van der Waals surface area contributed by atoms with Crippen molar-refractivity contribution in [2.75, 3.05) is 13.2 Å². The van der Waals surface area contributed by atoms with Crippen LogP contribution in [-0.4, -0.2) is 25.4 Å². The van der Waals surface area contributed by atoms with E-state index in [1.165, 1.54) is 18.5 Å². The summed E-state index contributed by atoms with van der Waals surface area (Å²) in [6.45, 7) is 0.953. The summed E-state index contributed by atoms with van der Waals surface area (Å²) in [5.41, 5.74) is 11.7. The predicted octanol–water partition coefficient (Wildman–Crippen LogP) is 4.14. The SMILES string of the molecule is N/C(=N/C(N)c1cccc(Cl)c1F)NC=NCCCOc1ccc(Cl)c(Cl)c1. The average molecular weight is 447 g/mol. The highest BCUT2D eigenvalue weighted by Gasteiger charge is 2.13. The number of ether oxygens (including phenoxy) is 1. The zero-order valence-electron chi connectivity index (χ0n) is 14.7. The van der Waals surface area contributed by atoms with Crippen molar-refractivity contribution in [3.63, 3.8) is 0 Å². The van der Waals surface area contributed by atoms with Gasteiger partial charge in [-0.15, -0.1) is 0 Å². The first kappa shape index (κ1) is 22.2. The number of nitrogens with two attached hydrogens (primary N) is 2. The smallest absolute Gasteiger partial charge is 0.195 e. The Morgan fingerprint density at radius 3 is 2.71 bits per heavy atom. The fourth-order valence-electron chi connectivity index (χ4n) is 2.09. The molecule has 1 atom stereocenters. The number of rotatable bonds is 8. The summed E-state index contributed by atoms with van der Waals surface area (Å²) in [6, 6.07) is 9.56. The number of aliphatic imine (C=N–C) groups is 2. The van der Waals surface area contributed by atoms with Gasteiger partial charge in [-0.2, -0.15) is 0 Å². The Morgan fingerprint density at radius 1 is 1.18 bits per heavy atom. The van der Waals surface area contributed by atoms with Gasteiger partial charge in [0.1, 0.15) is 17.7 Å². The first-order valence-corrected chi connectivity index (χ1v) is 9.37. The van der Waals surface area contributed by atoms with Crippen LogP contribution >= 0.6 is 34.8 Å². The fraction of sp³-hybridized carbons (Fsp3) is 0.222. The van der Waals surface area contributed by atoms with Crippen molar-refractivity contribution < 1.29 is 9.13 Å². The largest absolute Gasteiger partial charge is 0.493 e. The van der Waals surface area contributed by atoms with Crippen LogP contribution in [0.5, 0.6) is 5.75 Å². The van der Waals surface area contributed by atoms with E-state index in [1.54, 1.807) is 24.3 Å². The van der Waals surface area contributed by atoms with Gasteiger partial charge >= 0.3 is 0 Å². The molecule has 0 spiro atoms. The third-order valence-corrected chi connectivity index (χ3v) is 4.50. The van der Waals surface area contributed by atoms with Gasteiger partial charge in [0.05, 0.1) is 28.0 Å². The number of guanidine groups is 1. The third kappa shape index (κ3) is 6.83. The van der Waals surface area contributed by atoms with Gasteiger partial charge in [-0.25, -0.2) is 9.38 Å². The van der Waals surface area contributed by atoms with E-state index in [0.717, 1.165) is 0 Å². The zero-order chi connectivity index (χ0) is 20.5. The number of nitrogens with one attached hydrogen (secondary N) is 1. The van der Waals surface area contributed by atoms with Crippen LogP contribution in [0.15, 0.2) is 46.4 Å². The highest BCUT2D eigenvalue weighted by molar-refractivity contribution is 6.42. The molecule has 150 valence electrons. The summed E-state index contributed by atoms with van der Waals surface area (Å²) in [4.78, 5) is 8.09. The van der Waals surface area contributed by atoms with Crippen LogP contribution in [-0.2, 0) is 0 Å². The summed E-state index contributed by atoms with van der Waals surface area (Å²) in [7, 11) is 0. The number of benzene rings is 2. The van der Waals surface area contributed by atoms with E-state index < -0.39 is 12.0 Å². The maximum absolute atomic E-state index is 13.9. The van der Waals surface area contributed by atoms with Gasteiger partial charge in [-0.3, -0.25) is 4.99 Å². The Balaban J connectivity index is 1.72. The molecular formula is C18H19Cl3FN5O. The Morgan fingerprint density at radius 2 is 1.96 bits per heavy atom. The summed E-state index contributed by atoms with van der Waals surface area (Å²) >= 11 is 17.5. The van der Waals surface area contributed by atoms with Crippen LogP contribution in [0, 0.1) is 5.82 Å². The van der Waals surface area contributed by atoms with Crippen molar-refractivity contribution in [3.8, 4) is 5.75 Å². The molecule has 0 fully saturated rings. The number of nitrogens with zero attached hydrogens (tertiary/aromatic N) is 2. The van der Waals surface area contributed by atoms with Gasteiger partial charge in [0.25, 0.3) is 0 Å². The summed E-state index contributed by atoms with van der Waals surface area (Å²) in [6.07, 6.45) is 1.07. The molecule has 0 radical (unpaired) electrons. The van der Waals surface area contributed by atoms with Gasteiger partial charge < -0.3 is 21.5 Å². The van der Waals surface area contributed by atoms with Crippen LogP contribution in [0.2, 0.25) is 15.1 Å². The highest BCUT2D eigenvalue weighted by atomic mass is 35.5. The molecule has 0 aliphatic carbocycles. The Hall–Kier alpha value is -2.06. The molecule has 2 rings (SSSR count). The lowest BCUT2D eigenvalue weighted by Crippen LogP contribution is -2.32. The number of hydrogen-bond acceptors (Lipinski definition) is 4. The van der Waals surface area contributed by atoms with E-state index in [-0.39, 0.29) is 16.5 Å². The molecule has 0 saturated heterocycles. The van der Waals surface area contributed by atoms with Crippen LogP contribution in [0.25, 0.3) is 0 Å². The normalized spacial score (nSPS) is 13.0. The second-order valence-corrected chi connectivity index (χ2v) is 6.78. The second kappa shape index (κ2) is 11.1. The minimum Gasteiger partial charge on any atom is -0.493 e. The molecule has 0 aliphatic rings. The van der Waals surface area contributed by atoms with Crippen molar-refractivity contribution in [1.29, 1.82) is 0 Å². The lowest BCUT2D eigenvalue weighted by molar-refractivity contribution is 0.313. The molecule has 0 aliphatic heterocycles. The van der Waals surface area contributed by atoms with Gasteiger partial charge in [0, 0.05) is 24.6 Å². The third-order valence-electron chi connectivity index (χ3n) is 3.47. The van der Waals surface area contributed by atoms with Gasteiger partial charge in [0.2, 0.25) is 0 Å².